The van der Waals surface area contributed by atoms with Gasteiger partial charge in [-0.1, -0.05) is 16.8 Å². The molecule has 0 aliphatic heterocycles. The number of nitro benzene ring substituents is 1. The van der Waals surface area contributed by atoms with Gasteiger partial charge in [0, 0.05) is 12.1 Å². The fourth-order valence-electron chi connectivity index (χ4n) is 1.40. The van der Waals surface area contributed by atoms with Crippen molar-refractivity contribution in [2.45, 2.75) is 11.8 Å². The van der Waals surface area contributed by atoms with Crippen molar-refractivity contribution >= 4 is 33.2 Å². The summed E-state index contributed by atoms with van der Waals surface area (Å²) in [5.41, 5.74) is -0.00641. The van der Waals surface area contributed by atoms with Crippen LogP contribution in [0.2, 0.25) is 5.02 Å². The lowest BCUT2D eigenvalue weighted by Gasteiger charge is -2.05. The number of hydrogen-bond donors (Lipinski definition) is 1. The van der Waals surface area contributed by atoms with E-state index >= 15 is 0 Å². The first kappa shape index (κ1) is 14.3. The molecule has 1 N–H and O–H groups in total. The van der Waals surface area contributed by atoms with Crippen LogP contribution in [0.5, 0.6) is 0 Å². The molecular weight excluding hydrogens is 310 g/mol. The van der Waals surface area contributed by atoms with Crippen molar-refractivity contribution in [3.05, 3.63) is 45.1 Å². The van der Waals surface area contributed by atoms with E-state index < -0.39 is 20.6 Å². The fourth-order valence-corrected chi connectivity index (χ4v) is 2.58. The van der Waals surface area contributed by atoms with E-state index in [1.165, 1.54) is 6.07 Å². The summed E-state index contributed by atoms with van der Waals surface area (Å²) in [4.78, 5) is 9.67. The third-order valence-corrected chi connectivity index (χ3v) is 3.95. The Morgan fingerprint density at radius 2 is 2.10 bits per heavy atom. The quantitative estimate of drug-likeness (QED) is 0.683. The Morgan fingerprint density at radius 3 is 2.65 bits per heavy atom. The predicted molar refractivity (Wildman–Crippen MR) is 70.2 cm³/mol. The zero-order valence-corrected chi connectivity index (χ0v) is 11.6. The highest BCUT2D eigenvalue weighted by Gasteiger charge is 2.21. The van der Waals surface area contributed by atoms with Gasteiger partial charge in [-0.3, -0.25) is 10.1 Å². The average molecular weight is 318 g/mol. The highest BCUT2D eigenvalue weighted by Crippen LogP contribution is 2.28. The number of anilines is 1. The number of hydrogen-bond acceptors (Lipinski definition) is 6. The Bertz CT molecular complexity index is 771. The highest BCUT2D eigenvalue weighted by atomic mass is 35.5. The van der Waals surface area contributed by atoms with Crippen LogP contribution in [-0.4, -0.2) is 18.5 Å². The number of nitro groups is 1. The van der Waals surface area contributed by atoms with Gasteiger partial charge in [-0.2, -0.15) is 0 Å². The third kappa shape index (κ3) is 2.89. The summed E-state index contributed by atoms with van der Waals surface area (Å²) in [5, 5.41) is 14.1. The molecule has 0 amide bonds. The van der Waals surface area contributed by atoms with Gasteiger partial charge >= 0.3 is 0 Å². The average Bonchev–Trinajstić information content (AvgIpc) is 2.73. The molecule has 0 spiro atoms. The molecule has 0 atom stereocenters. The predicted octanol–water partition coefficient (Wildman–Crippen LogP) is 2.35. The molecule has 20 heavy (non-hydrogen) atoms. The van der Waals surface area contributed by atoms with E-state index in [0.29, 0.717) is 5.69 Å². The second kappa shape index (κ2) is 5.10. The van der Waals surface area contributed by atoms with Crippen LogP contribution in [0.25, 0.3) is 0 Å². The maximum Gasteiger partial charge on any atom is 0.289 e. The van der Waals surface area contributed by atoms with Crippen molar-refractivity contribution in [1.82, 2.24) is 5.16 Å². The molecule has 0 saturated heterocycles. The minimum atomic E-state index is -4.02. The molecule has 1 aromatic heterocycles. The number of sulfonamides is 1. The Morgan fingerprint density at radius 1 is 1.40 bits per heavy atom. The van der Waals surface area contributed by atoms with Gasteiger partial charge in [0.1, 0.15) is 5.02 Å². The molecule has 0 unspecified atom stereocenters. The van der Waals surface area contributed by atoms with Crippen molar-refractivity contribution in [2.24, 2.45) is 0 Å². The van der Waals surface area contributed by atoms with Crippen LogP contribution < -0.4 is 4.72 Å². The molecule has 106 valence electrons. The lowest BCUT2D eigenvalue weighted by molar-refractivity contribution is -0.384. The van der Waals surface area contributed by atoms with Crippen molar-refractivity contribution in [3.8, 4) is 0 Å². The Labute approximate surface area is 118 Å². The van der Waals surface area contributed by atoms with Crippen molar-refractivity contribution in [3.63, 3.8) is 0 Å². The van der Waals surface area contributed by atoms with Crippen LogP contribution in [-0.2, 0) is 10.0 Å². The first-order valence-electron chi connectivity index (χ1n) is 5.20. The van der Waals surface area contributed by atoms with Crippen LogP contribution in [0.1, 0.15) is 5.69 Å². The SMILES string of the molecule is Cc1cc(NS(=O)(=O)c2ccc(Cl)c([N+](=O)[O-])c2)on1. The summed E-state index contributed by atoms with van der Waals surface area (Å²) in [6.07, 6.45) is 0. The van der Waals surface area contributed by atoms with Crippen molar-refractivity contribution < 1.29 is 17.9 Å². The molecule has 10 heteroatoms. The molecule has 2 rings (SSSR count). The molecule has 0 aliphatic rings. The zero-order chi connectivity index (χ0) is 14.9. The maximum absolute atomic E-state index is 12.0. The minimum Gasteiger partial charge on any atom is -0.338 e. The van der Waals surface area contributed by atoms with E-state index in [4.69, 9.17) is 16.1 Å². The highest BCUT2D eigenvalue weighted by molar-refractivity contribution is 7.92. The lowest BCUT2D eigenvalue weighted by Crippen LogP contribution is -2.12. The molecule has 1 heterocycles. The summed E-state index contributed by atoms with van der Waals surface area (Å²) < 4.78 is 30.9. The van der Waals surface area contributed by atoms with Gasteiger partial charge in [-0.15, -0.1) is 0 Å². The van der Waals surface area contributed by atoms with E-state index in [1.54, 1.807) is 6.92 Å². The molecule has 2 aromatic rings. The summed E-state index contributed by atoms with van der Waals surface area (Å²) in [6, 6.07) is 4.54. The number of nitrogens with one attached hydrogen (secondary N) is 1. The second-order valence-corrected chi connectivity index (χ2v) is 5.90. The minimum absolute atomic E-state index is 0.0832. The molecule has 0 bridgehead atoms. The number of halogens is 1. The second-order valence-electron chi connectivity index (χ2n) is 3.81. The maximum atomic E-state index is 12.0. The zero-order valence-electron chi connectivity index (χ0n) is 10.0. The molecule has 0 radical (unpaired) electrons. The van der Waals surface area contributed by atoms with E-state index in [0.717, 1.165) is 18.2 Å². The van der Waals surface area contributed by atoms with Crippen molar-refractivity contribution in [2.75, 3.05) is 4.72 Å². The summed E-state index contributed by atoms with van der Waals surface area (Å²) in [6.45, 7) is 1.62. The normalized spacial score (nSPS) is 11.3. The van der Waals surface area contributed by atoms with Crippen LogP contribution in [0.3, 0.4) is 0 Å². The van der Waals surface area contributed by atoms with Gasteiger partial charge in [-0.05, 0) is 19.1 Å². The van der Waals surface area contributed by atoms with Gasteiger partial charge in [0.25, 0.3) is 15.7 Å². The lowest BCUT2D eigenvalue weighted by atomic mass is 10.3. The number of benzene rings is 1. The summed E-state index contributed by atoms with van der Waals surface area (Å²) >= 11 is 5.62. The molecule has 8 nitrogen and oxygen atoms in total. The smallest absolute Gasteiger partial charge is 0.289 e. The third-order valence-electron chi connectivity index (χ3n) is 2.29. The number of aryl methyl sites for hydroxylation is 1. The van der Waals surface area contributed by atoms with Gasteiger partial charge in [0.05, 0.1) is 15.5 Å². The van der Waals surface area contributed by atoms with E-state index in [-0.39, 0.29) is 15.8 Å². The molecule has 0 aliphatic carbocycles. The summed E-state index contributed by atoms with van der Waals surface area (Å²) in [5.74, 6) is -0.0832. The van der Waals surface area contributed by atoms with Gasteiger partial charge < -0.3 is 4.52 Å². The number of rotatable bonds is 4. The summed E-state index contributed by atoms with van der Waals surface area (Å²) in [7, 11) is -4.02. The van der Waals surface area contributed by atoms with Crippen LogP contribution in [0, 0.1) is 17.0 Å². The van der Waals surface area contributed by atoms with Crippen molar-refractivity contribution in [1.29, 1.82) is 0 Å². The van der Waals surface area contributed by atoms with Crippen LogP contribution in [0.4, 0.5) is 11.6 Å². The first-order valence-corrected chi connectivity index (χ1v) is 7.06. The Balaban J connectivity index is 2.39. The van der Waals surface area contributed by atoms with E-state index in [2.05, 4.69) is 9.88 Å². The largest absolute Gasteiger partial charge is 0.338 e. The van der Waals surface area contributed by atoms with Crippen LogP contribution in [0.15, 0.2) is 33.7 Å². The van der Waals surface area contributed by atoms with Crippen LogP contribution >= 0.6 is 11.6 Å². The Hall–Kier alpha value is -2.13. The first-order chi connectivity index (χ1) is 9.29. The number of nitrogens with zero attached hydrogens (tertiary/aromatic N) is 2. The van der Waals surface area contributed by atoms with E-state index in [1.807, 2.05) is 0 Å². The standard InChI is InChI=1S/C10H8ClN3O5S/c1-6-4-10(19-12-6)13-20(17,18)7-2-3-8(11)9(5-7)14(15)16/h2-5,13H,1H3. The number of aromatic nitrogens is 1. The fraction of sp³-hybridized carbons (Fsp3) is 0.100. The Kier molecular flexibility index (Phi) is 3.64. The van der Waals surface area contributed by atoms with E-state index in [9.17, 15) is 18.5 Å². The van der Waals surface area contributed by atoms with Gasteiger partial charge in [0.2, 0.25) is 5.88 Å². The molecule has 1 aromatic carbocycles. The topological polar surface area (TPSA) is 115 Å². The monoisotopic (exact) mass is 317 g/mol. The van der Waals surface area contributed by atoms with Gasteiger partial charge in [-0.25, -0.2) is 13.1 Å². The molecular formula is C10H8ClN3O5S. The van der Waals surface area contributed by atoms with Gasteiger partial charge in [0.15, 0.2) is 0 Å². The molecule has 0 fully saturated rings. The molecule has 0 saturated carbocycles.